The van der Waals surface area contributed by atoms with E-state index in [4.69, 9.17) is 0 Å². The molecule has 0 fully saturated rings. The summed E-state index contributed by atoms with van der Waals surface area (Å²) >= 11 is 0. The van der Waals surface area contributed by atoms with E-state index in [9.17, 15) is 0 Å². The molecule has 0 aliphatic rings. The highest BCUT2D eigenvalue weighted by atomic mass is 14.9. The molecule has 0 bridgehead atoms. The van der Waals surface area contributed by atoms with Crippen molar-refractivity contribution in [2.75, 3.05) is 0 Å². The van der Waals surface area contributed by atoms with E-state index < -0.39 is 0 Å². The second-order valence-corrected chi connectivity index (χ2v) is 4.98. The fraction of sp³-hybridized carbons (Fsp3) is 0. The maximum absolute atomic E-state index is 2.28. The van der Waals surface area contributed by atoms with Gasteiger partial charge in [-0.3, -0.25) is 0 Å². The standard InChI is InChI=1S/C19H14N/c1-4-11-20(12-5-1)19-10-6-9-17-13-15-7-2-3-8-16(15)14-18(17)19/h1-14H/q+1. The van der Waals surface area contributed by atoms with Crippen molar-refractivity contribution in [1.82, 2.24) is 0 Å². The van der Waals surface area contributed by atoms with E-state index >= 15 is 0 Å². The van der Waals surface area contributed by atoms with E-state index in [0.29, 0.717) is 0 Å². The van der Waals surface area contributed by atoms with E-state index in [-0.39, 0.29) is 0 Å². The number of hydrogen-bond donors (Lipinski definition) is 0. The lowest BCUT2D eigenvalue weighted by Gasteiger charge is -2.04. The van der Waals surface area contributed by atoms with Crippen molar-refractivity contribution in [3.05, 3.63) is 85.2 Å². The van der Waals surface area contributed by atoms with Crippen molar-refractivity contribution in [3.8, 4) is 5.69 Å². The van der Waals surface area contributed by atoms with Crippen molar-refractivity contribution in [3.63, 3.8) is 0 Å². The number of pyridine rings is 1. The zero-order valence-corrected chi connectivity index (χ0v) is 11.0. The smallest absolute Gasteiger partial charge is 0.167 e. The molecule has 1 heteroatoms. The molecule has 0 amide bonds. The molecule has 0 saturated carbocycles. The van der Waals surface area contributed by atoms with Crippen LogP contribution in [0.5, 0.6) is 0 Å². The van der Waals surface area contributed by atoms with Crippen LogP contribution in [0.3, 0.4) is 0 Å². The largest absolute Gasteiger partial charge is 0.218 e. The minimum Gasteiger partial charge on any atom is -0.167 e. The van der Waals surface area contributed by atoms with Crippen LogP contribution in [0, 0.1) is 0 Å². The van der Waals surface area contributed by atoms with Crippen LogP contribution in [0.2, 0.25) is 0 Å². The van der Waals surface area contributed by atoms with Gasteiger partial charge in [-0.25, -0.2) is 0 Å². The zero-order valence-electron chi connectivity index (χ0n) is 11.0. The first-order valence-corrected chi connectivity index (χ1v) is 6.80. The number of nitrogens with zero attached hydrogens (tertiary/aromatic N) is 1. The maximum Gasteiger partial charge on any atom is 0.218 e. The van der Waals surface area contributed by atoms with Gasteiger partial charge in [-0.15, -0.1) is 0 Å². The summed E-state index contributed by atoms with van der Waals surface area (Å²) in [5.74, 6) is 0. The number of hydrogen-bond acceptors (Lipinski definition) is 0. The van der Waals surface area contributed by atoms with Crippen LogP contribution >= 0.6 is 0 Å². The average molecular weight is 256 g/mol. The van der Waals surface area contributed by atoms with Gasteiger partial charge in [-0.05, 0) is 28.3 Å². The number of rotatable bonds is 1. The Kier molecular flexibility index (Phi) is 2.49. The Morgan fingerprint density at radius 1 is 0.550 bits per heavy atom. The van der Waals surface area contributed by atoms with Crippen molar-refractivity contribution in [1.29, 1.82) is 0 Å². The Balaban J connectivity index is 2.09. The molecule has 0 saturated heterocycles. The Labute approximate surface area is 117 Å². The molecular weight excluding hydrogens is 242 g/mol. The van der Waals surface area contributed by atoms with Gasteiger partial charge in [-0.1, -0.05) is 42.5 Å². The topological polar surface area (TPSA) is 3.88 Å². The van der Waals surface area contributed by atoms with Crippen LogP contribution in [0.25, 0.3) is 27.2 Å². The van der Waals surface area contributed by atoms with Crippen LogP contribution in [-0.2, 0) is 0 Å². The molecule has 0 N–H and O–H groups in total. The van der Waals surface area contributed by atoms with E-state index in [2.05, 4.69) is 83.7 Å². The minimum absolute atomic E-state index is 1.22. The number of benzene rings is 3. The molecule has 0 atom stereocenters. The van der Waals surface area contributed by atoms with E-state index in [0.717, 1.165) is 0 Å². The van der Waals surface area contributed by atoms with Gasteiger partial charge in [0.2, 0.25) is 5.69 Å². The third-order valence-corrected chi connectivity index (χ3v) is 3.72. The lowest BCUT2D eigenvalue weighted by atomic mass is 10.0. The minimum atomic E-state index is 1.22. The first-order valence-electron chi connectivity index (χ1n) is 6.80. The third-order valence-electron chi connectivity index (χ3n) is 3.72. The van der Waals surface area contributed by atoms with Crippen LogP contribution in [0.1, 0.15) is 0 Å². The molecule has 1 heterocycles. The number of aromatic nitrogens is 1. The van der Waals surface area contributed by atoms with Crippen molar-refractivity contribution in [2.45, 2.75) is 0 Å². The van der Waals surface area contributed by atoms with Crippen LogP contribution in [-0.4, -0.2) is 0 Å². The summed E-state index contributed by atoms with van der Waals surface area (Å²) in [6.45, 7) is 0. The van der Waals surface area contributed by atoms with Crippen molar-refractivity contribution < 1.29 is 4.57 Å². The Morgan fingerprint density at radius 2 is 1.25 bits per heavy atom. The first-order chi connectivity index (χ1) is 9.92. The summed E-state index contributed by atoms with van der Waals surface area (Å²) in [5.41, 5.74) is 1.22. The number of fused-ring (bicyclic) bond motifs is 2. The van der Waals surface area contributed by atoms with Gasteiger partial charge in [0.15, 0.2) is 12.4 Å². The first kappa shape index (κ1) is 11.2. The van der Waals surface area contributed by atoms with Gasteiger partial charge in [0.1, 0.15) is 0 Å². The Morgan fingerprint density at radius 3 is 2.05 bits per heavy atom. The molecule has 0 unspecified atom stereocenters. The highest BCUT2D eigenvalue weighted by Crippen LogP contribution is 2.25. The quantitative estimate of drug-likeness (QED) is 0.354. The molecule has 4 aromatic rings. The van der Waals surface area contributed by atoms with E-state index in [1.54, 1.807) is 0 Å². The third kappa shape index (κ3) is 1.76. The van der Waals surface area contributed by atoms with Crippen LogP contribution in [0.4, 0.5) is 0 Å². The van der Waals surface area contributed by atoms with Crippen molar-refractivity contribution in [2.24, 2.45) is 0 Å². The fourth-order valence-corrected chi connectivity index (χ4v) is 2.73. The SMILES string of the molecule is c1cc[n+](-c2cccc3cc4ccccc4cc23)cc1. The highest BCUT2D eigenvalue weighted by molar-refractivity contribution is 6.00. The predicted molar refractivity (Wildman–Crippen MR) is 83.0 cm³/mol. The molecule has 1 aromatic heterocycles. The summed E-state index contributed by atoms with van der Waals surface area (Å²) in [4.78, 5) is 0. The van der Waals surface area contributed by atoms with Gasteiger partial charge in [0, 0.05) is 18.2 Å². The second kappa shape index (κ2) is 4.46. The van der Waals surface area contributed by atoms with Gasteiger partial charge in [-0.2, -0.15) is 4.57 Å². The van der Waals surface area contributed by atoms with Crippen LogP contribution in [0.15, 0.2) is 85.2 Å². The van der Waals surface area contributed by atoms with Gasteiger partial charge in [0.05, 0.1) is 5.39 Å². The monoisotopic (exact) mass is 256 g/mol. The molecule has 94 valence electrons. The second-order valence-electron chi connectivity index (χ2n) is 4.98. The average Bonchev–Trinajstić information content (AvgIpc) is 2.53. The van der Waals surface area contributed by atoms with Gasteiger partial charge >= 0.3 is 0 Å². The van der Waals surface area contributed by atoms with E-state index in [1.165, 1.54) is 27.2 Å². The molecule has 0 spiro atoms. The lowest BCUT2D eigenvalue weighted by Crippen LogP contribution is -2.29. The summed E-state index contributed by atoms with van der Waals surface area (Å²) < 4.78 is 2.16. The van der Waals surface area contributed by atoms with Crippen LogP contribution < -0.4 is 4.57 Å². The molecule has 4 rings (SSSR count). The van der Waals surface area contributed by atoms with Gasteiger partial charge < -0.3 is 0 Å². The molecule has 3 aromatic carbocycles. The summed E-state index contributed by atoms with van der Waals surface area (Å²) in [6.07, 6.45) is 4.17. The molecule has 20 heavy (non-hydrogen) atoms. The normalized spacial score (nSPS) is 11.0. The summed E-state index contributed by atoms with van der Waals surface area (Å²) in [7, 11) is 0. The highest BCUT2D eigenvalue weighted by Gasteiger charge is 2.10. The zero-order chi connectivity index (χ0) is 13.4. The van der Waals surface area contributed by atoms with E-state index in [1.807, 2.05) is 6.07 Å². The molecule has 0 radical (unpaired) electrons. The summed E-state index contributed by atoms with van der Waals surface area (Å²) in [6, 6.07) is 25.7. The Bertz CT molecular complexity index is 895. The Hall–Kier alpha value is -2.67. The fourth-order valence-electron chi connectivity index (χ4n) is 2.73. The molecule has 0 aliphatic heterocycles. The molecule has 0 aliphatic carbocycles. The van der Waals surface area contributed by atoms with Crippen molar-refractivity contribution >= 4 is 21.5 Å². The molecule has 1 nitrogen and oxygen atoms in total. The predicted octanol–water partition coefficient (Wildman–Crippen LogP) is 4.27. The van der Waals surface area contributed by atoms with Gasteiger partial charge in [0.25, 0.3) is 0 Å². The maximum atomic E-state index is 2.28. The molecular formula is C19H14N+. The lowest BCUT2D eigenvalue weighted by molar-refractivity contribution is -0.594. The summed E-state index contributed by atoms with van der Waals surface area (Å²) in [5, 5.41) is 5.12.